The molecule has 0 spiro atoms. The maximum atomic E-state index is 12.5. The molecule has 0 fully saturated rings. The second-order valence-electron chi connectivity index (χ2n) is 7.62. The largest absolute Gasteiger partial charge is 0.493 e. The van der Waals surface area contributed by atoms with Crippen LogP contribution >= 0.6 is 11.6 Å². The number of methoxy groups -OCH3 is 1. The van der Waals surface area contributed by atoms with Crippen molar-refractivity contribution in [1.82, 2.24) is 4.90 Å². The number of allylic oxidation sites excluding steroid dienone is 1. The van der Waals surface area contributed by atoms with Gasteiger partial charge in [-0.05, 0) is 53.6 Å². The minimum absolute atomic E-state index is 0.0963. The normalized spacial score (nSPS) is 12.8. The lowest BCUT2D eigenvalue weighted by Gasteiger charge is -2.14. The van der Waals surface area contributed by atoms with Crippen LogP contribution in [0.3, 0.4) is 0 Å². The number of hydrogen-bond acceptors (Lipinski definition) is 6. The maximum Gasteiger partial charge on any atom is 0.313 e. The predicted octanol–water partition coefficient (Wildman–Crippen LogP) is 5.00. The molecule has 1 heterocycles. The third-order valence-electron chi connectivity index (χ3n) is 5.42. The van der Waals surface area contributed by atoms with E-state index in [0.717, 1.165) is 4.90 Å². The van der Waals surface area contributed by atoms with Crippen molar-refractivity contribution in [1.29, 1.82) is 5.26 Å². The van der Waals surface area contributed by atoms with Gasteiger partial charge in [-0.3, -0.25) is 19.3 Å². The molecule has 3 aromatic rings. The lowest BCUT2D eigenvalue weighted by atomic mass is 10.0. The van der Waals surface area contributed by atoms with Crippen LogP contribution < -0.4 is 9.47 Å². The molecular weight excluding hydrogens is 468 g/mol. The van der Waals surface area contributed by atoms with Crippen LogP contribution in [0.2, 0.25) is 5.02 Å². The van der Waals surface area contributed by atoms with Crippen molar-refractivity contribution in [2.45, 2.75) is 6.42 Å². The summed E-state index contributed by atoms with van der Waals surface area (Å²) in [5.74, 6) is -1.01. The van der Waals surface area contributed by atoms with Crippen LogP contribution in [0, 0.1) is 11.3 Å². The summed E-state index contributed by atoms with van der Waals surface area (Å²) in [4.78, 5) is 38.4. The highest BCUT2D eigenvalue weighted by molar-refractivity contribution is 6.30. The second kappa shape index (κ2) is 10.2. The Bertz CT molecular complexity index is 1350. The second-order valence-corrected chi connectivity index (χ2v) is 8.06. The van der Waals surface area contributed by atoms with E-state index in [4.69, 9.17) is 21.1 Å². The average Bonchev–Trinajstić information content (AvgIpc) is 3.12. The van der Waals surface area contributed by atoms with Crippen LogP contribution in [0.15, 0.2) is 66.7 Å². The highest BCUT2D eigenvalue weighted by atomic mass is 35.5. The topological polar surface area (TPSA) is 96.7 Å². The fourth-order valence-electron chi connectivity index (χ4n) is 3.65. The Morgan fingerprint density at radius 3 is 2.26 bits per heavy atom. The third kappa shape index (κ3) is 5.08. The number of ether oxygens (including phenoxy) is 2. The molecule has 3 aromatic carbocycles. The molecule has 174 valence electrons. The molecule has 0 saturated carbocycles. The Hall–Kier alpha value is -4.41. The van der Waals surface area contributed by atoms with Crippen LogP contribution in [0.25, 0.3) is 11.6 Å². The van der Waals surface area contributed by atoms with Crippen molar-refractivity contribution in [3.8, 4) is 17.6 Å². The van der Waals surface area contributed by atoms with Gasteiger partial charge in [-0.25, -0.2) is 0 Å². The third-order valence-corrected chi connectivity index (χ3v) is 5.67. The zero-order valence-corrected chi connectivity index (χ0v) is 19.4. The first kappa shape index (κ1) is 23.7. The van der Waals surface area contributed by atoms with Gasteiger partial charge in [-0.15, -0.1) is 0 Å². The molecule has 0 bridgehead atoms. The Balaban J connectivity index is 1.44. The van der Waals surface area contributed by atoms with Crippen LogP contribution in [0.5, 0.6) is 11.5 Å². The van der Waals surface area contributed by atoms with Crippen molar-refractivity contribution >= 4 is 41.0 Å². The van der Waals surface area contributed by atoms with Gasteiger partial charge in [0.1, 0.15) is 0 Å². The van der Waals surface area contributed by atoms with Crippen LogP contribution in [0.1, 0.15) is 38.3 Å². The van der Waals surface area contributed by atoms with Gasteiger partial charge in [0, 0.05) is 11.6 Å². The molecule has 0 unspecified atom stereocenters. The lowest BCUT2D eigenvalue weighted by Crippen LogP contribution is -2.32. The average molecular weight is 487 g/mol. The summed E-state index contributed by atoms with van der Waals surface area (Å²) in [5.41, 5.74) is 2.45. The van der Waals surface area contributed by atoms with E-state index >= 15 is 0 Å². The Kier molecular flexibility index (Phi) is 6.95. The lowest BCUT2D eigenvalue weighted by molar-refractivity contribution is -0.134. The molecule has 0 radical (unpaired) electrons. The molecule has 1 aliphatic heterocycles. The highest BCUT2D eigenvalue weighted by Gasteiger charge is 2.35. The number of carbonyl (C=O) groups is 3. The van der Waals surface area contributed by atoms with E-state index in [-0.39, 0.29) is 18.7 Å². The quantitative estimate of drug-likeness (QED) is 0.153. The summed E-state index contributed by atoms with van der Waals surface area (Å²) in [7, 11) is 1.43. The first-order valence-electron chi connectivity index (χ1n) is 10.6. The zero-order valence-electron chi connectivity index (χ0n) is 18.7. The predicted molar refractivity (Wildman–Crippen MR) is 130 cm³/mol. The number of halogens is 1. The van der Waals surface area contributed by atoms with Gasteiger partial charge >= 0.3 is 5.97 Å². The molecule has 1 aliphatic rings. The van der Waals surface area contributed by atoms with Crippen molar-refractivity contribution in [3.05, 3.63) is 94.0 Å². The number of rotatable bonds is 7. The summed E-state index contributed by atoms with van der Waals surface area (Å²) < 4.78 is 10.8. The van der Waals surface area contributed by atoms with E-state index in [0.29, 0.717) is 38.6 Å². The summed E-state index contributed by atoms with van der Waals surface area (Å²) in [6.07, 6.45) is 1.51. The summed E-state index contributed by atoms with van der Waals surface area (Å²) >= 11 is 5.92. The maximum absolute atomic E-state index is 12.5. The minimum atomic E-state index is -0.623. The fourth-order valence-corrected chi connectivity index (χ4v) is 3.78. The summed E-state index contributed by atoms with van der Waals surface area (Å²) in [6, 6.07) is 20.5. The molecule has 0 N–H and O–H groups in total. The molecule has 0 atom stereocenters. The van der Waals surface area contributed by atoms with E-state index in [1.807, 2.05) is 0 Å². The number of imide groups is 1. The van der Waals surface area contributed by atoms with Crippen molar-refractivity contribution < 1.29 is 23.9 Å². The monoisotopic (exact) mass is 486 g/mol. The molecular formula is C27H19ClN2O5. The number of nitriles is 1. The van der Waals surface area contributed by atoms with E-state index in [9.17, 15) is 19.6 Å². The van der Waals surface area contributed by atoms with E-state index in [1.54, 1.807) is 72.8 Å². The number of benzene rings is 3. The Morgan fingerprint density at radius 1 is 1.00 bits per heavy atom. The van der Waals surface area contributed by atoms with Gasteiger partial charge in [0.25, 0.3) is 11.8 Å². The van der Waals surface area contributed by atoms with Gasteiger partial charge in [0.2, 0.25) is 0 Å². The smallest absolute Gasteiger partial charge is 0.313 e. The standard InChI is InChI=1S/C27H19ClN2O5/c1-34-24-15-17(14-19(16-29)18-7-9-20(28)10-8-18)6-11-23(24)35-25(31)12-13-30-26(32)21-4-2-3-5-22(21)27(30)33/h2-11,14-15H,12-13H2,1H3/b19-14-. The van der Waals surface area contributed by atoms with Crippen molar-refractivity contribution in [2.75, 3.05) is 13.7 Å². The van der Waals surface area contributed by atoms with Crippen LogP contribution in [0.4, 0.5) is 0 Å². The number of fused-ring (bicyclic) bond motifs is 1. The number of amides is 2. The molecule has 7 nitrogen and oxygen atoms in total. The molecule has 35 heavy (non-hydrogen) atoms. The van der Waals surface area contributed by atoms with Crippen molar-refractivity contribution in [2.24, 2.45) is 0 Å². The highest BCUT2D eigenvalue weighted by Crippen LogP contribution is 2.31. The number of nitrogens with zero attached hydrogens (tertiary/aromatic N) is 2. The minimum Gasteiger partial charge on any atom is -0.493 e. The van der Waals surface area contributed by atoms with Crippen molar-refractivity contribution in [3.63, 3.8) is 0 Å². The molecule has 0 aromatic heterocycles. The van der Waals surface area contributed by atoms with E-state index in [1.165, 1.54) is 7.11 Å². The Morgan fingerprint density at radius 2 is 1.66 bits per heavy atom. The van der Waals surface area contributed by atoms with Crippen LogP contribution in [-0.4, -0.2) is 36.3 Å². The summed E-state index contributed by atoms with van der Waals surface area (Å²) in [5, 5.41) is 10.1. The molecule has 4 rings (SSSR count). The molecule has 2 amide bonds. The molecule has 8 heteroatoms. The first-order chi connectivity index (χ1) is 16.9. The van der Waals surface area contributed by atoms with Gasteiger partial charge in [-0.1, -0.05) is 41.9 Å². The number of carbonyl (C=O) groups excluding carboxylic acids is 3. The van der Waals surface area contributed by atoms with Gasteiger partial charge in [0.15, 0.2) is 11.5 Å². The SMILES string of the molecule is COc1cc(/C=C(/C#N)c2ccc(Cl)cc2)ccc1OC(=O)CCN1C(=O)c2ccccc2C1=O. The van der Waals surface area contributed by atoms with Gasteiger partial charge in [-0.2, -0.15) is 5.26 Å². The summed E-state index contributed by atoms with van der Waals surface area (Å²) in [6.45, 7) is -0.0963. The number of esters is 1. The Labute approximate surface area is 206 Å². The van der Waals surface area contributed by atoms with E-state index < -0.39 is 17.8 Å². The van der Waals surface area contributed by atoms with Gasteiger partial charge in [0.05, 0.1) is 36.3 Å². The molecule has 0 saturated heterocycles. The van der Waals surface area contributed by atoms with Gasteiger partial charge < -0.3 is 9.47 Å². The van der Waals surface area contributed by atoms with Crippen LogP contribution in [-0.2, 0) is 4.79 Å². The first-order valence-corrected chi connectivity index (χ1v) is 11.0. The fraction of sp³-hybridized carbons (Fsp3) is 0.111. The number of hydrogen-bond donors (Lipinski definition) is 0. The van der Waals surface area contributed by atoms with E-state index in [2.05, 4.69) is 6.07 Å². The molecule has 0 aliphatic carbocycles. The zero-order chi connectivity index (χ0) is 24.9.